The van der Waals surface area contributed by atoms with Gasteiger partial charge in [0, 0.05) is 23.3 Å². The summed E-state index contributed by atoms with van der Waals surface area (Å²) in [7, 11) is 0. The fraction of sp³-hybridized carbons (Fsp3) is 0.105. The molecule has 1 aromatic carbocycles. The lowest BCUT2D eigenvalue weighted by Crippen LogP contribution is -1.94. The zero-order chi connectivity index (χ0) is 17.6. The molecule has 0 aliphatic rings. The Morgan fingerprint density at radius 3 is 2.72 bits per heavy atom. The molecule has 122 valence electrons. The Labute approximate surface area is 143 Å². The van der Waals surface area contributed by atoms with Crippen molar-refractivity contribution in [2.75, 3.05) is 0 Å². The van der Waals surface area contributed by atoms with Gasteiger partial charge in [0.05, 0.1) is 17.0 Å². The van der Waals surface area contributed by atoms with Crippen molar-refractivity contribution in [3.05, 3.63) is 53.3 Å². The Bertz CT molecular complexity index is 1130. The van der Waals surface area contributed by atoms with Crippen molar-refractivity contribution in [3.63, 3.8) is 0 Å². The lowest BCUT2D eigenvalue weighted by atomic mass is 9.92. The van der Waals surface area contributed by atoms with Crippen LogP contribution in [0.1, 0.15) is 16.7 Å². The third kappa shape index (κ3) is 2.25. The van der Waals surface area contributed by atoms with Gasteiger partial charge in [-0.15, -0.1) is 0 Å². The van der Waals surface area contributed by atoms with Crippen LogP contribution in [0.5, 0.6) is 5.75 Å². The van der Waals surface area contributed by atoms with Crippen LogP contribution in [0.3, 0.4) is 0 Å². The van der Waals surface area contributed by atoms with Crippen LogP contribution in [0.2, 0.25) is 0 Å². The molecule has 0 aliphatic carbocycles. The number of nitrogens with zero attached hydrogens (tertiary/aromatic N) is 3. The van der Waals surface area contributed by atoms with E-state index in [1.807, 2.05) is 32.0 Å². The average molecular weight is 329 g/mol. The van der Waals surface area contributed by atoms with Crippen molar-refractivity contribution in [1.29, 1.82) is 5.26 Å². The summed E-state index contributed by atoms with van der Waals surface area (Å²) in [5.74, 6) is 0.205. The Morgan fingerprint density at radius 2 is 2.00 bits per heavy atom. The minimum absolute atomic E-state index is 0.205. The summed E-state index contributed by atoms with van der Waals surface area (Å²) in [5.41, 5.74) is 6.10. The minimum atomic E-state index is 0.205. The molecule has 3 aromatic heterocycles. The van der Waals surface area contributed by atoms with Gasteiger partial charge in [-0.25, -0.2) is 4.98 Å². The Kier molecular flexibility index (Phi) is 3.29. The van der Waals surface area contributed by atoms with Crippen LogP contribution in [-0.2, 0) is 0 Å². The van der Waals surface area contributed by atoms with Gasteiger partial charge in [-0.1, -0.05) is 6.07 Å². The lowest BCUT2D eigenvalue weighted by molar-refractivity contribution is 0.471. The fourth-order valence-electron chi connectivity index (χ4n) is 3.19. The van der Waals surface area contributed by atoms with E-state index >= 15 is 0 Å². The summed E-state index contributed by atoms with van der Waals surface area (Å²) in [5, 5.41) is 27.5. The van der Waals surface area contributed by atoms with Crippen LogP contribution in [0.15, 0.2) is 36.7 Å². The summed E-state index contributed by atoms with van der Waals surface area (Å²) in [6.07, 6.45) is 3.35. The van der Waals surface area contributed by atoms with E-state index in [0.717, 1.165) is 39.0 Å². The van der Waals surface area contributed by atoms with Gasteiger partial charge in [-0.2, -0.15) is 10.4 Å². The van der Waals surface area contributed by atoms with Gasteiger partial charge in [-0.3, -0.25) is 5.10 Å². The van der Waals surface area contributed by atoms with Gasteiger partial charge in [0.15, 0.2) is 0 Å². The van der Waals surface area contributed by atoms with Crippen molar-refractivity contribution >= 4 is 11.0 Å². The third-order valence-electron chi connectivity index (χ3n) is 4.48. The maximum absolute atomic E-state index is 10.1. The maximum atomic E-state index is 10.1. The zero-order valence-electron chi connectivity index (χ0n) is 13.8. The van der Waals surface area contributed by atoms with Crippen LogP contribution < -0.4 is 0 Å². The highest BCUT2D eigenvalue weighted by Crippen LogP contribution is 2.37. The number of aromatic amines is 2. The minimum Gasteiger partial charge on any atom is -0.508 e. The summed E-state index contributed by atoms with van der Waals surface area (Å²) in [4.78, 5) is 7.70. The number of H-pyrrole nitrogens is 2. The van der Waals surface area contributed by atoms with Crippen molar-refractivity contribution in [3.8, 4) is 34.3 Å². The topological polar surface area (TPSA) is 101 Å². The molecule has 0 saturated heterocycles. The predicted molar refractivity (Wildman–Crippen MR) is 95.0 cm³/mol. The SMILES string of the molecule is Cc1ccc(O)c(C)c1-c1cnc2[nH]c(-c3ccn[nH]3)cc2c1C#N. The number of phenolic OH excluding ortho intramolecular Hbond substituents is 1. The van der Waals surface area contributed by atoms with Crippen LogP contribution in [0.25, 0.3) is 33.5 Å². The molecule has 0 saturated carbocycles. The standard InChI is InChI=1S/C19H15N5O/c1-10-3-4-17(25)11(2)18(10)14-9-21-19-12(13(14)8-20)7-16(23-19)15-5-6-22-24-15/h3-7,9,25H,1-2H3,(H,21,23)(H,22,24). The quantitative estimate of drug-likeness (QED) is 0.520. The summed E-state index contributed by atoms with van der Waals surface area (Å²) < 4.78 is 0. The number of aryl methyl sites for hydroxylation is 1. The lowest BCUT2D eigenvalue weighted by Gasteiger charge is -2.13. The van der Waals surface area contributed by atoms with E-state index in [-0.39, 0.29) is 5.75 Å². The zero-order valence-corrected chi connectivity index (χ0v) is 13.8. The number of nitrogens with one attached hydrogen (secondary N) is 2. The number of aromatic hydroxyl groups is 1. The van der Waals surface area contributed by atoms with E-state index in [9.17, 15) is 10.4 Å². The second kappa shape index (κ2) is 5.49. The number of benzene rings is 1. The number of phenols is 1. The second-order valence-electron chi connectivity index (χ2n) is 5.98. The van der Waals surface area contributed by atoms with Crippen molar-refractivity contribution < 1.29 is 5.11 Å². The van der Waals surface area contributed by atoms with Crippen molar-refractivity contribution in [2.24, 2.45) is 0 Å². The first kappa shape index (κ1) is 15.0. The Balaban J connectivity index is 2.01. The number of pyridine rings is 1. The van der Waals surface area contributed by atoms with E-state index in [4.69, 9.17) is 0 Å². The molecule has 0 unspecified atom stereocenters. The van der Waals surface area contributed by atoms with Gasteiger partial charge in [0.25, 0.3) is 0 Å². The first-order valence-corrected chi connectivity index (χ1v) is 7.81. The fourth-order valence-corrected chi connectivity index (χ4v) is 3.19. The number of aromatic nitrogens is 4. The molecule has 25 heavy (non-hydrogen) atoms. The Hall–Kier alpha value is -3.59. The first-order valence-electron chi connectivity index (χ1n) is 7.81. The molecule has 0 aliphatic heterocycles. The third-order valence-corrected chi connectivity index (χ3v) is 4.48. The van der Waals surface area contributed by atoms with E-state index < -0.39 is 0 Å². The van der Waals surface area contributed by atoms with Crippen LogP contribution in [-0.4, -0.2) is 25.3 Å². The molecule has 3 N–H and O–H groups in total. The number of fused-ring (bicyclic) bond motifs is 1. The highest BCUT2D eigenvalue weighted by Gasteiger charge is 2.18. The summed E-state index contributed by atoms with van der Waals surface area (Å²) >= 11 is 0. The summed E-state index contributed by atoms with van der Waals surface area (Å²) in [6, 6.07) is 9.55. The first-order chi connectivity index (χ1) is 12.1. The van der Waals surface area contributed by atoms with E-state index in [0.29, 0.717) is 11.2 Å². The number of rotatable bonds is 2. The molecule has 0 radical (unpaired) electrons. The molecule has 0 spiro atoms. The average Bonchev–Trinajstić information content (AvgIpc) is 3.27. The molecule has 3 heterocycles. The monoisotopic (exact) mass is 329 g/mol. The van der Waals surface area contributed by atoms with Gasteiger partial charge >= 0.3 is 0 Å². The maximum Gasteiger partial charge on any atom is 0.139 e. The highest BCUT2D eigenvalue weighted by atomic mass is 16.3. The number of nitriles is 1. The largest absolute Gasteiger partial charge is 0.508 e. The van der Waals surface area contributed by atoms with Crippen molar-refractivity contribution in [1.82, 2.24) is 20.2 Å². The molecule has 6 nitrogen and oxygen atoms in total. The van der Waals surface area contributed by atoms with Crippen LogP contribution in [0.4, 0.5) is 0 Å². The molecule has 0 fully saturated rings. The predicted octanol–water partition coefficient (Wildman–Crippen LogP) is 3.81. The van der Waals surface area contributed by atoms with Crippen LogP contribution >= 0.6 is 0 Å². The van der Waals surface area contributed by atoms with Gasteiger partial charge in [0.1, 0.15) is 17.5 Å². The highest BCUT2D eigenvalue weighted by molar-refractivity contribution is 5.94. The number of hydrogen-bond donors (Lipinski definition) is 3. The van der Waals surface area contributed by atoms with Gasteiger partial charge in [0.2, 0.25) is 0 Å². The molecule has 4 aromatic rings. The van der Waals surface area contributed by atoms with E-state index in [2.05, 4.69) is 26.2 Å². The molecular formula is C19H15N5O. The molecule has 0 amide bonds. The normalized spacial score (nSPS) is 10.9. The smallest absolute Gasteiger partial charge is 0.139 e. The Morgan fingerprint density at radius 1 is 1.16 bits per heavy atom. The number of hydrogen-bond acceptors (Lipinski definition) is 4. The molecule has 0 bridgehead atoms. The van der Waals surface area contributed by atoms with Crippen LogP contribution in [0, 0.1) is 25.2 Å². The van der Waals surface area contributed by atoms with Gasteiger partial charge in [-0.05, 0) is 48.7 Å². The molecule has 4 rings (SSSR count). The second-order valence-corrected chi connectivity index (χ2v) is 5.98. The summed E-state index contributed by atoms with van der Waals surface area (Å²) in [6.45, 7) is 3.80. The van der Waals surface area contributed by atoms with E-state index in [1.54, 1.807) is 18.5 Å². The molecule has 0 atom stereocenters. The van der Waals surface area contributed by atoms with E-state index in [1.165, 1.54) is 0 Å². The molecule has 6 heteroatoms. The van der Waals surface area contributed by atoms with Gasteiger partial charge < -0.3 is 10.1 Å². The van der Waals surface area contributed by atoms with Crippen molar-refractivity contribution in [2.45, 2.75) is 13.8 Å². The molecular weight excluding hydrogens is 314 g/mol.